The molecule has 0 bridgehead atoms. The molecule has 0 aliphatic carbocycles. The first-order valence-corrected chi connectivity index (χ1v) is 19.2. The largest absolute Gasteiger partial charge is 0.455 e. The van der Waals surface area contributed by atoms with E-state index in [4.69, 9.17) is 67.2 Å². The van der Waals surface area contributed by atoms with Gasteiger partial charge in [-0.15, -0.1) is 21.9 Å². The van der Waals surface area contributed by atoms with Crippen LogP contribution in [0.2, 0.25) is 0 Å². The van der Waals surface area contributed by atoms with Gasteiger partial charge in [0, 0.05) is 16.2 Å². The smallest absolute Gasteiger partial charge is 0.143 e. The monoisotopic (exact) mass is 726 g/mol. The van der Waals surface area contributed by atoms with Crippen LogP contribution in [0.25, 0.3) is 109 Å². The molecule has 0 unspecified atom stereocenters. The Morgan fingerprint density at radius 3 is 1.42 bits per heavy atom. The Labute approximate surface area is 351 Å². The van der Waals surface area contributed by atoms with E-state index < -0.39 is 0 Å². The van der Waals surface area contributed by atoms with Crippen molar-refractivity contribution in [1.82, 2.24) is 0 Å². The van der Waals surface area contributed by atoms with E-state index in [0.717, 1.165) is 54.8 Å². The maximum absolute atomic E-state index is 7.09. The number of hydrogen-bond donors (Lipinski definition) is 0. The van der Waals surface area contributed by atoms with Gasteiger partial charge >= 0.3 is 0 Å². The minimum Gasteiger partial charge on any atom is -0.455 e. The molecule has 0 fully saturated rings. The Hall–Kier alpha value is -6.18. The SMILES string of the molecule is [B]c1c([B])c([B])c2c(-c3cccc4oc5c6ccccc6ccc5c34)c3c([B])c([B])c([B])c([B])c3c(-c3ccc(-c4ccc5c(ccc6ccccc65)c4)cc3)c2c1[B]. The van der Waals surface area contributed by atoms with E-state index in [1.807, 2.05) is 42.5 Å². The van der Waals surface area contributed by atoms with E-state index in [1.165, 1.54) is 16.2 Å². The third-order valence-corrected chi connectivity index (χ3v) is 12.2. The molecule has 9 heteroatoms. The van der Waals surface area contributed by atoms with Gasteiger partial charge in [0.25, 0.3) is 0 Å². The van der Waals surface area contributed by atoms with Gasteiger partial charge in [-0.1, -0.05) is 137 Å². The average molecular weight is 725 g/mol. The molecule has 11 aromatic rings. The molecule has 59 heavy (non-hydrogen) atoms. The van der Waals surface area contributed by atoms with Crippen molar-refractivity contribution in [2.75, 3.05) is 0 Å². The van der Waals surface area contributed by atoms with Gasteiger partial charge in [0.1, 0.15) is 73.9 Å². The molecule has 0 amide bonds. The molecule has 16 radical (unpaired) electrons. The standard InChI is InChI=1S/C50H22B8O/c51-42-38-35(26-15-12-23(13-16-26)27-19-20-30-28(22-27)17-14-24-6-1-3-8-29(24)30)39-41(45(54)49(58)47(56)43(39)52)37(40(38)44(53)48(57)46(42)55)32-10-5-11-34-36(32)33-21-18-25-7-2-4-9-31(25)50(33)59-34/h1-22H. The van der Waals surface area contributed by atoms with Crippen molar-refractivity contribution >= 4 is 182 Å². The second-order valence-corrected chi connectivity index (χ2v) is 15.3. The highest BCUT2D eigenvalue weighted by Gasteiger charge is 2.26. The molecule has 10 aromatic carbocycles. The van der Waals surface area contributed by atoms with Crippen molar-refractivity contribution in [1.29, 1.82) is 0 Å². The zero-order valence-corrected chi connectivity index (χ0v) is 31.7. The minimum absolute atomic E-state index is 0.158. The van der Waals surface area contributed by atoms with Crippen molar-refractivity contribution in [3.63, 3.8) is 0 Å². The van der Waals surface area contributed by atoms with Gasteiger partial charge in [-0.05, 0) is 100 Å². The van der Waals surface area contributed by atoms with Crippen LogP contribution in [-0.4, -0.2) is 62.8 Å². The topological polar surface area (TPSA) is 13.1 Å². The fourth-order valence-corrected chi connectivity index (χ4v) is 9.29. The highest BCUT2D eigenvalue weighted by molar-refractivity contribution is 6.71. The third-order valence-electron chi connectivity index (χ3n) is 12.2. The van der Waals surface area contributed by atoms with Crippen LogP contribution in [0, 0.1) is 0 Å². The zero-order valence-electron chi connectivity index (χ0n) is 31.7. The van der Waals surface area contributed by atoms with Crippen LogP contribution in [0.15, 0.2) is 138 Å². The first-order chi connectivity index (χ1) is 28.6. The first-order valence-electron chi connectivity index (χ1n) is 19.2. The van der Waals surface area contributed by atoms with Gasteiger partial charge in [-0.2, -0.15) is 0 Å². The molecule has 0 atom stereocenters. The summed E-state index contributed by atoms with van der Waals surface area (Å²) in [6.07, 6.45) is 0. The molecule has 0 aliphatic rings. The molecule has 252 valence electrons. The van der Waals surface area contributed by atoms with E-state index in [9.17, 15) is 0 Å². The normalized spacial score (nSPS) is 11.9. The summed E-state index contributed by atoms with van der Waals surface area (Å²) in [6, 6.07) is 45.7. The molecule has 1 aromatic heterocycles. The van der Waals surface area contributed by atoms with Gasteiger partial charge < -0.3 is 4.42 Å². The Kier molecular flexibility index (Phi) is 8.02. The summed E-state index contributed by atoms with van der Waals surface area (Å²) in [7, 11) is 55.1. The summed E-state index contributed by atoms with van der Waals surface area (Å²) in [6.45, 7) is 0. The maximum Gasteiger partial charge on any atom is 0.143 e. The number of fused-ring (bicyclic) bond motifs is 10. The number of furan rings is 1. The zero-order chi connectivity index (χ0) is 40.4. The summed E-state index contributed by atoms with van der Waals surface area (Å²) in [5.41, 5.74) is 7.97. The van der Waals surface area contributed by atoms with E-state index in [1.54, 1.807) is 0 Å². The average Bonchev–Trinajstić information content (AvgIpc) is 3.67. The summed E-state index contributed by atoms with van der Waals surface area (Å²) in [4.78, 5) is 0. The van der Waals surface area contributed by atoms with Crippen molar-refractivity contribution in [2.24, 2.45) is 0 Å². The van der Waals surface area contributed by atoms with E-state index in [2.05, 4.69) is 91.0 Å². The Balaban J connectivity index is 1.24. The molecule has 11 rings (SSSR count). The molecule has 0 spiro atoms. The number of rotatable bonds is 3. The Morgan fingerprint density at radius 2 is 0.780 bits per heavy atom. The van der Waals surface area contributed by atoms with Crippen LogP contribution in [0.4, 0.5) is 0 Å². The van der Waals surface area contributed by atoms with E-state index in [0.29, 0.717) is 38.3 Å². The molecule has 1 heterocycles. The van der Waals surface area contributed by atoms with Gasteiger partial charge in [0.2, 0.25) is 0 Å². The highest BCUT2D eigenvalue weighted by Crippen LogP contribution is 2.46. The lowest BCUT2D eigenvalue weighted by Crippen LogP contribution is -2.50. The molecule has 0 N–H and O–H groups in total. The molecular weight excluding hydrogens is 703 g/mol. The van der Waals surface area contributed by atoms with Crippen molar-refractivity contribution < 1.29 is 4.42 Å². The molecular formula is C50H22B8O. The summed E-state index contributed by atoms with van der Waals surface area (Å²) >= 11 is 0. The lowest BCUT2D eigenvalue weighted by molar-refractivity contribution is 0.673. The molecule has 0 aliphatic heterocycles. The van der Waals surface area contributed by atoms with Crippen LogP contribution in [0.5, 0.6) is 0 Å². The van der Waals surface area contributed by atoms with Gasteiger partial charge in [0.15, 0.2) is 0 Å². The maximum atomic E-state index is 7.09. The van der Waals surface area contributed by atoms with Crippen molar-refractivity contribution in [3.05, 3.63) is 133 Å². The summed E-state index contributed by atoms with van der Waals surface area (Å²) < 4.78 is 6.63. The van der Waals surface area contributed by atoms with Crippen LogP contribution >= 0.6 is 0 Å². The van der Waals surface area contributed by atoms with Crippen LogP contribution < -0.4 is 43.7 Å². The third kappa shape index (κ3) is 5.10. The number of hydrogen-bond acceptors (Lipinski definition) is 1. The second-order valence-electron chi connectivity index (χ2n) is 15.3. The van der Waals surface area contributed by atoms with Gasteiger partial charge in [0.05, 0.1) is 0 Å². The van der Waals surface area contributed by atoms with Crippen molar-refractivity contribution in [3.8, 4) is 33.4 Å². The first kappa shape index (κ1) is 35.9. The molecule has 0 saturated heterocycles. The lowest BCUT2D eigenvalue weighted by Gasteiger charge is -2.28. The van der Waals surface area contributed by atoms with Gasteiger partial charge in [-0.3, -0.25) is 0 Å². The summed E-state index contributed by atoms with van der Waals surface area (Å²) in [5, 5.41) is 10.8. The molecule has 0 saturated carbocycles. The second kappa shape index (κ2) is 13.2. The van der Waals surface area contributed by atoms with E-state index in [-0.39, 0.29) is 43.7 Å². The van der Waals surface area contributed by atoms with Crippen LogP contribution in [0.3, 0.4) is 0 Å². The van der Waals surface area contributed by atoms with Crippen LogP contribution in [0.1, 0.15) is 0 Å². The fraction of sp³-hybridized carbons (Fsp3) is 0. The quantitative estimate of drug-likeness (QED) is 0.146. The minimum atomic E-state index is 0.158. The summed E-state index contributed by atoms with van der Waals surface area (Å²) in [5.74, 6) is 0. The van der Waals surface area contributed by atoms with E-state index >= 15 is 0 Å². The lowest BCUT2D eigenvalue weighted by atomic mass is 9.59. The predicted molar refractivity (Wildman–Crippen MR) is 261 cm³/mol. The van der Waals surface area contributed by atoms with Gasteiger partial charge in [-0.25, -0.2) is 0 Å². The Morgan fingerprint density at radius 1 is 0.305 bits per heavy atom. The fourth-order valence-electron chi connectivity index (χ4n) is 9.29. The highest BCUT2D eigenvalue weighted by atomic mass is 16.3. The Bertz CT molecular complexity index is 3560. The van der Waals surface area contributed by atoms with Crippen LogP contribution in [-0.2, 0) is 0 Å². The predicted octanol–water partition coefficient (Wildman–Crippen LogP) is 4.70. The van der Waals surface area contributed by atoms with Crippen molar-refractivity contribution in [2.45, 2.75) is 0 Å². The number of benzene rings is 10. The molecule has 1 nitrogen and oxygen atoms in total.